The summed E-state index contributed by atoms with van der Waals surface area (Å²) >= 11 is 0. The molecular formula is C14H19FN2O3. The van der Waals surface area contributed by atoms with E-state index in [-0.39, 0.29) is 24.8 Å². The molecule has 5 nitrogen and oxygen atoms in total. The third kappa shape index (κ3) is 5.36. The van der Waals surface area contributed by atoms with E-state index in [1.165, 1.54) is 24.3 Å². The molecule has 1 atom stereocenters. The minimum absolute atomic E-state index is 0.00224. The Labute approximate surface area is 117 Å². The molecule has 0 radical (unpaired) electrons. The molecule has 1 unspecified atom stereocenters. The first-order chi connectivity index (χ1) is 9.40. The van der Waals surface area contributed by atoms with Crippen molar-refractivity contribution in [1.29, 1.82) is 0 Å². The Balaban J connectivity index is 2.35. The number of amides is 2. The van der Waals surface area contributed by atoms with Gasteiger partial charge >= 0.3 is 11.8 Å². The average Bonchev–Trinajstić information content (AvgIpc) is 2.43. The van der Waals surface area contributed by atoms with Crippen molar-refractivity contribution in [2.24, 2.45) is 5.92 Å². The number of hydrogen-bond donors (Lipinski definition) is 3. The molecule has 0 saturated heterocycles. The Morgan fingerprint density at radius 3 is 2.25 bits per heavy atom. The zero-order chi connectivity index (χ0) is 15.1. The largest absolute Gasteiger partial charge is 0.391 e. The minimum atomic E-state index is -0.799. The predicted molar refractivity (Wildman–Crippen MR) is 72.1 cm³/mol. The van der Waals surface area contributed by atoms with E-state index in [1.807, 2.05) is 13.8 Å². The fourth-order valence-electron chi connectivity index (χ4n) is 1.38. The van der Waals surface area contributed by atoms with E-state index in [0.717, 1.165) is 0 Å². The zero-order valence-corrected chi connectivity index (χ0v) is 11.5. The molecule has 0 aliphatic rings. The van der Waals surface area contributed by atoms with E-state index in [0.29, 0.717) is 5.56 Å². The molecule has 0 bridgehead atoms. The first-order valence-electron chi connectivity index (χ1n) is 6.38. The lowest BCUT2D eigenvalue weighted by Gasteiger charge is -2.14. The van der Waals surface area contributed by atoms with Crippen LogP contribution in [0.1, 0.15) is 19.4 Å². The molecule has 1 rings (SSSR count). The Morgan fingerprint density at radius 2 is 1.70 bits per heavy atom. The molecule has 20 heavy (non-hydrogen) atoms. The fraction of sp³-hybridized carbons (Fsp3) is 0.429. The van der Waals surface area contributed by atoms with Crippen LogP contribution in [0, 0.1) is 11.7 Å². The van der Waals surface area contributed by atoms with Gasteiger partial charge in [-0.2, -0.15) is 0 Å². The van der Waals surface area contributed by atoms with Crippen LogP contribution in [0.2, 0.25) is 0 Å². The molecule has 3 N–H and O–H groups in total. The van der Waals surface area contributed by atoms with Crippen molar-refractivity contribution in [2.75, 3.05) is 6.54 Å². The molecule has 1 aromatic rings. The van der Waals surface area contributed by atoms with E-state index in [2.05, 4.69) is 10.6 Å². The number of rotatable bonds is 5. The van der Waals surface area contributed by atoms with Gasteiger partial charge in [-0.3, -0.25) is 9.59 Å². The molecule has 0 spiro atoms. The zero-order valence-electron chi connectivity index (χ0n) is 11.5. The van der Waals surface area contributed by atoms with Crippen LogP contribution in [0.25, 0.3) is 0 Å². The Hall–Kier alpha value is -1.95. The van der Waals surface area contributed by atoms with Gasteiger partial charge in [0.15, 0.2) is 0 Å². The van der Waals surface area contributed by atoms with E-state index in [9.17, 15) is 19.1 Å². The minimum Gasteiger partial charge on any atom is -0.391 e. The number of aliphatic hydroxyl groups excluding tert-OH is 1. The van der Waals surface area contributed by atoms with Crippen LogP contribution in [0.5, 0.6) is 0 Å². The molecule has 0 saturated carbocycles. The summed E-state index contributed by atoms with van der Waals surface area (Å²) < 4.78 is 12.7. The fourth-order valence-corrected chi connectivity index (χ4v) is 1.38. The smallest absolute Gasteiger partial charge is 0.309 e. The van der Waals surface area contributed by atoms with Gasteiger partial charge in [0.05, 0.1) is 6.10 Å². The molecule has 110 valence electrons. The lowest BCUT2D eigenvalue weighted by atomic mass is 10.1. The molecule has 2 amide bonds. The van der Waals surface area contributed by atoms with Gasteiger partial charge < -0.3 is 15.7 Å². The number of benzene rings is 1. The van der Waals surface area contributed by atoms with Gasteiger partial charge in [-0.1, -0.05) is 26.0 Å². The van der Waals surface area contributed by atoms with Crippen LogP contribution in [0.3, 0.4) is 0 Å². The Bertz CT molecular complexity index is 460. The van der Waals surface area contributed by atoms with E-state index in [4.69, 9.17) is 0 Å². The van der Waals surface area contributed by atoms with Crippen molar-refractivity contribution in [2.45, 2.75) is 26.5 Å². The average molecular weight is 282 g/mol. The molecule has 0 aliphatic heterocycles. The normalized spacial score (nSPS) is 12.1. The van der Waals surface area contributed by atoms with E-state index < -0.39 is 17.9 Å². The summed E-state index contributed by atoms with van der Waals surface area (Å²) in [6.07, 6.45) is -0.691. The second-order valence-electron chi connectivity index (χ2n) is 4.83. The highest BCUT2D eigenvalue weighted by molar-refractivity contribution is 6.35. The highest BCUT2D eigenvalue weighted by Crippen LogP contribution is 2.02. The summed E-state index contributed by atoms with van der Waals surface area (Å²) in [4.78, 5) is 22.9. The number of aliphatic hydroxyl groups is 1. The van der Waals surface area contributed by atoms with Crippen molar-refractivity contribution >= 4 is 11.8 Å². The monoisotopic (exact) mass is 282 g/mol. The van der Waals surface area contributed by atoms with Gasteiger partial charge in [0.2, 0.25) is 0 Å². The maximum absolute atomic E-state index is 12.7. The van der Waals surface area contributed by atoms with E-state index >= 15 is 0 Å². The van der Waals surface area contributed by atoms with Crippen LogP contribution >= 0.6 is 0 Å². The number of nitrogens with one attached hydrogen (secondary N) is 2. The first-order valence-corrected chi connectivity index (χ1v) is 6.38. The van der Waals surface area contributed by atoms with Crippen LogP contribution in [-0.4, -0.2) is 29.6 Å². The standard InChI is InChI=1S/C14H19FN2O3/c1-9(2)12(18)8-17-14(20)13(19)16-7-10-3-5-11(15)6-4-10/h3-6,9,12,18H,7-8H2,1-2H3,(H,16,19)(H,17,20). The Morgan fingerprint density at radius 1 is 1.15 bits per heavy atom. The third-order valence-electron chi connectivity index (χ3n) is 2.81. The maximum Gasteiger partial charge on any atom is 0.309 e. The summed E-state index contributed by atoms with van der Waals surface area (Å²) in [5.41, 5.74) is 0.690. The second-order valence-corrected chi connectivity index (χ2v) is 4.83. The molecular weight excluding hydrogens is 263 g/mol. The van der Waals surface area contributed by atoms with Crippen LogP contribution in [0.4, 0.5) is 4.39 Å². The molecule has 0 aromatic heterocycles. The maximum atomic E-state index is 12.7. The summed E-state index contributed by atoms with van der Waals surface area (Å²) in [5, 5.41) is 14.3. The Kier molecular flexibility index (Phi) is 6.11. The van der Waals surface area contributed by atoms with Gasteiger partial charge in [-0.25, -0.2) is 4.39 Å². The summed E-state index contributed by atoms with van der Waals surface area (Å²) in [6, 6.07) is 5.60. The van der Waals surface area contributed by atoms with Crippen molar-refractivity contribution in [3.8, 4) is 0 Å². The second kappa shape index (κ2) is 7.59. The van der Waals surface area contributed by atoms with Crippen molar-refractivity contribution in [3.63, 3.8) is 0 Å². The highest BCUT2D eigenvalue weighted by Gasteiger charge is 2.16. The predicted octanol–water partition coefficient (Wildman–Crippen LogP) is 0.575. The van der Waals surface area contributed by atoms with Crippen LogP contribution < -0.4 is 10.6 Å². The SMILES string of the molecule is CC(C)C(O)CNC(=O)C(=O)NCc1ccc(F)cc1. The van der Waals surface area contributed by atoms with Crippen LogP contribution in [-0.2, 0) is 16.1 Å². The molecule has 0 aliphatic carbocycles. The number of carbonyl (C=O) groups is 2. The van der Waals surface area contributed by atoms with Gasteiger partial charge in [-0.05, 0) is 23.6 Å². The third-order valence-corrected chi connectivity index (χ3v) is 2.81. The molecule has 0 fully saturated rings. The lowest BCUT2D eigenvalue weighted by molar-refractivity contribution is -0.139. The first kappa shape index (κ1) is 16.1. The molecule has 6 heteroatoms. The van der Waals surface area contributed by atoms with Crippen molar-refractivity contribution in [1.82, 2.24) is 10.6 Å². The summed E-state index contributed by atoms with van der Waals surface area (Å²) in [6.45, 7) is 3.79. The topological polar surface area (TPSA) is 78.4 Å². The lowest BCUT2D eigenvalue weighted by Crippen LogP contribution is -2.43. The van der Waals surface area contributed by atoms with Gasteiger partial charge in [0, 0.05) is 13.1 Å². The summed E-state index contributed by atoms with van der Waals surface area (Å²) in [5.74, 6) is -1.95. The number of hydrogen-bond acceptors (Lipinski definition) is 3. The molecule has 1 aromatic carbocycles. The quantitative estimate of drug-likeness (QED) is 0.691. The van der Waals surface area contributed by atoms with Gasteiger partial charge in [-0.15, -0.1) is 0 Å². The van der Waals surface area contributed by atoms with Crippen molar-refractivity contribution in [3.05, 3.63) is 35.6 Å². The highest BCUT2D eigenvalue weighted by atomic mass is 19.1. The summed E-state index contributed by atoms with van der Waals surface area (Å²) in [7, 11) is 0. The number of carbonyl (C=O) groups excluding carboxylic acids is 2. The molecule has 0 heterocycles. The van der Waals surface area contributed by atoms with E-state index in [1.54, 1.807) is 0 Å². The van der Waals surface area contributed by atoms with Gasteiger partial charge in [0.1, 0.15) is 5.82 Å². The van der Waals surface area contributed by atoms with Crippen molar-refractivity contribution < 1.29 is 19.1 Å². The van der Waals surface area contributed by atoms with Gasteiger partial charge in [0.25, 0.3) is 0 Å². The van der Waals surface area contributed by atoms with Crippen LogP contribution in [0.15, 0.2) is 24.3 Å². The number of halogens is 1.